The SMILES string of the molecule is CC1OCCC1C(=O)Nc1cc(C(=O)O)ccc1F. The minimum atomic E-state index is -1.17. The number of nitrogens with one attached hydrogen (secondary N) is 1. The van der Waals surface area contributed by atoms with E-state index < -0.39 is 11.8 Å². The summed E-state index contributed by atoms with van der Waals surface area (Å²) in [5.41, 5.74) is -0.198. The van der Waals surface area contributed by atoms with Crippen LogP contribution in [0.2, 0.25) is 0 Å². The summed E-state index contributed by atoms with van der Waals surface area (Å²) in [4.78, 5) is 22.8. The van der Waals surface area contributed by atoms with E-state index in [0.717, 1.165) is 18.2 Å². The summed E-state index contributed by atoms with van der Waals surface area (Å²) < 4.78 is 18.8. The topological polar surface area (TPSA) is 75.6 Å². The van der Waals surface area contributed by atoms with E-state index >= 15 is 0 Å². The molecule has 0 spiro atoms. The smallest absolute Gasteiger partial charge is 0.335 e. The monoisotopic (exact) mass is 267 g/mol. The number of amides is 1. The van der Waals surface area contributed by atoms with E-state index in [4.69, 9.17) is 9.84 Å². The minimum Gasteiger partial charge on any atom is -0.478 e. The third-order valence-corrected chi connectivity index (χ3v) is 3.18. The minimum absolute atomic E-state index is 0.0765. The molecule has 0 radical (unpaired) electrons. The number of anilines is 1. The van der Waals surface area contributed by atoms with Crippen molar-refractivity contribution in [2.75, 3.05) is 11.9 Å². The molecule has 0 aliphatic carbocycles. The molecule has 2 N–H and O–H groups in total. The first-order valence-corrected chi connectivity index (χ1v) is 5.94. The molecule has 102 valence electrons. The highest BCUT2D eigenvalue weighted by atomic mass is 19.1. The van der Waals surface area contributed by atoms with Crippen molar-refractivity contribution in [1.82, 2.24) is 0 Å². The first-order chi connectivity index (χ1) is 8.99. The molecule has 1 aliphatic rings. The Morgan fingerprint density at radius 3 is 2.79 bits per heavy atom. The number of hydrogen-bond donors (Lipinski definition) is 2. The van der Waals surface area contributed by atoms with Crippen LogP contribution in [0.5, 0.6) is 0 Å². The summed E-state index contributed by atoms with van der Waals surface area (Å²) >= 11 is 0. The van der Waals surface area contributed by atoms with E-state index in [1.807, 2.05) is 0 Å². The standard InChI is InChI=1S/C13H14FNO4/c1-7-9(4-5-19-7)12(16)15-11-6-8(13(17)18)2-3-10(11)14/h2-3,6-7,9H,4-5H2,1H3,(H,15,16)(H,17,18). The highest BCUT2D eigenvalue weighted by Crippen LogP contribution is 2.23. The number of carbonyl (C=O) groups excluding carboxylic acids is 1. The predicted octanol–water partition coefficient (Wildman–Crippen LogP) is 1.89. The van der Waals surface area contributed by atoms with Gasteiger partial charge in [-0.1, -0.05) is 0 Å². The molecular formula is C13H14FNO4. The fourth-order valence-electron chi connectivity index (χ4n) is 2.06. The first kappa shape index (κ1) is 13.5. The van der Waals surface area contributed by atoms with Crippen molar-refractivity contribution in [1.29, 1.82) is 0 Å². The molecule has 19 heavy (non-hydrogen) atoms. The Labute approximate surface area is 109 Å². The maximum Gasteiger partial charge on any atom is 0.335 e. The van der Waals surface area contributed by atoms with Gasteiger partial charge in [0, 0.05) is 6.61 Å². The third-order valence-electron chi connectivity index (χ3n) is 3.18. The molecule has 1 fully saturated rings. The molecule has 1 aliphatic heterocycles. The molecule has 1 aromatic rings. The Balaban J connectivity index is 2.16. The molecule has 5 nitrogen and oxygen atoms in total. The van der Waals surface area contributed by atoms with Crippen LogP contribution in [-0.2, 0) is 9.53 Å². The zero-order valence-electron chi connectivity index (χ0n) is 10.4. The van der Waals surface area contributed by atoms with Gasteiger partial charge in [-0.25, -0.2) is 9.18 Å². The first-order valence-electron chi connectivity index (χ1n) is 5.94. The molecule has 2 unspecified atom stereocenters. The van der Waals surface area contributed by atoms with E-state index in [9.17, 15) is 14.0 Å². The molecule has 0 saturated carbocycles. The summed E-state index contributed by atoms with van der Waals surface area (Å²) in [6, 6.07) is 3.28. The molecule has 0 bridgehead atoms. The van der Waals surface area contributed by atoms with Crippen LogP contribution in [0.15, 0.2) is 18.2 Å². The van der Waals surface area contributed by atoms with Crippen molar-refractivity contribution >= 4 is 17.6 Å². The number of ether oxygens (including phenoxy) is 1. The van der Waals surface area contributed by atoms with Crippen LogP contribution in [0.1, 0.15) is 23.7 Å². The quantitative estimate of drug-likeness (QED) is 0.876. The summed E-state index contributed by atoms with van der Waals surface area (Å²) in [5, 5.41) is 11.3. The predicted molar refractivity (Wildman–Crippen MR) is 65.5 cm³/mol. The summed E-state index contributed by atoms with van der Waals surface area (Å²) in [5.74, 6) is -2.53. The van der Waals surface area contributed by atoms with Gasteiger partial charge in [0.1, 0.15) is 5.82 Å². The van der Waals surface area contributed by atoms with Gasteiger partial charge in [0.2, 0.25) is 5.91 Å². The molecule has 2 rings (SSSR count). The van der Waals surface area contributed by atoms with Crippen LogP contribution in [0.4, 0.5) is 10.1 Å². The number of carboxylic acid groups (broad SMARTS) is 1. The van der Waals surface area contributed by atoms with Gasteiger partial charge >= 0.3 is 5.97 Å². The van der Waals surface area contributed by atoms with Crippen molar-refractivity contribution in [2.24, 2.45) is 5.92 Å². The van der Waals surface area contributed by atoms with Gasteiger partial charge in [-0.2, -0.15) is 0 Å². The van der Waals surface area contributed by atoms with Gasteiger partial charge in [0.15, 0.2) is 0 Å². The van der Waals surface area contributed by atoms with Crippen molar-refractivity contribution < 1.29 is 23.8 Å². The second-order valence-electron chi connectivity index (χ2n) is 4.46. The Hall–Kier alpha value is -1.95. The Bertz CT molecular complexity index is 517. The maximum absolute atomic E-state index is 13.5. The van der Waals surface area contributed by atoms with Gasteiger partial charge in [-0.05, 0) is 31.5 Å². The zero-order chi connectivity index (χ0) is 14.0. The number of halogens is 1. The number of hydrogen-bond acceptors (Lipinski definition) is 3. The van der Waals surface area contributed by atoms with E-state index in [1.54, 1.807) is 6.92 Å². The Morgan fingerprint density at radius 2 is 2.21 bits per heavy atom. The molecule has 0 aromatic heterocycles. The lowest BCUT2D eigenvalue weighted by atomic mass is 10.0. The third kappa shape index (κ3) is 2.90. The fraction of sp³-hybridized carbons (Fsp3) is 0.385. The molecule has 1 heterocycles. The lowest BCUT2D eigenvalue weighted by Gasteiger charge is -2.14. The molecule has 6 heteroatoms. The van der Waals surface area contributed by atoms with E-state index in [-0.39, 0.29) is 29.2 Å². The van der Waals surface area contributed by atoms with Gasteiger partial charge in [-0.15, -0.1) is 0 Å². The van der Waals surface area contributed by atoms with Gasteiger partial charge < -0.3 is 15.2 Å². The molecule has 2 atom stereocenters. The van der Waals surface area contributed by atoms with Crippen molar-refractivity contribution in [3.8, 4) is 0 Å². The average molecular weight is 267 g/mol. The van der Waals surface area contributed by atoms with Gasteiger partial charge in [-0.3, -0.25) is 4.79 Å². The van der Waals surface area contributed by atoms with E-state index in [2.05, 4.69) is 5.32 Å². The average Bonchev–Trinajstić information content (AvgIpc) is 2.78. The summed E-state index contributed by atoms with van der Waals surface area (Å²) in [6.07, 6.45) is 0.360. The lowest BCUT2D eigenvalue weighted by molar-refractivity contribution is -0.121. The van der Waals surface area contributed by atoms with E-state index in [0.29, 0.717) is 13.0 Å². The second-order valence-corrected chi connectivity index (χ2v) is 4.46. The molecular weight excluding hydrogens is 253 g/mol. The van der Waals surface area contributed by atoms with E-state index in [1.165, 1.54) is 0 Å². The Kier molecular flexibility index (Phi) is 3.80. The fourth-order valence-corrected chi connectivity index (χ4v) is 2.06. The van der Waals surface area contributed by atoms with Crippen LogP contribution in [0.25, 0.3) is 0 Å². The largest absolute Gasteiger partial charge is 0.478 e. The van der Waals surface area contributed by atoms with Crippen LogP contribution in [0, 0.1) is 11.7 Å². The maximum atomic E-state index is 13.5. The van der Waals surface area contributed by atoms with Crippen molar-refractivity contribution in [2.45, 2.75) is 19.4 Å². The number of benzene rings is 1. The molecule has 1 amide bonds. The van der Waals surface area contributed by atoms with Gasteiger partial charge in [0.05, 0.1) is 23.3 Å². The van der Waals surface area contributed by atoms with Crippen LogP contribution in [0.3, 0.4) is 0 Å². The number of aromatic carboxylic acids is 1. The Morgan fingerprint density at radius 1 is 1.47 bits per heavy atom. The lowest BCUT2D eigenvalue weighted by Crippen LogP contribution is -2.28. The van der Waals surface area contributed by atoms with Crippen molar-refractivity contribution in [3.05, 3.63) is 29.6 Å². The molecule has 1 saturated heterocycles. The second kappa shape index (κ2) is 5.36. The van der Waals surface area contributed by atoms with Crippen LogP contribution in [-0.4, -0.2) is 29.7 Å². The molecule has 1 aromatic carbocycles. The normalized spacial score (nSPS) is 22.2. The zero-order valence-corrected chi connectivity index (χ0v) is 10.4. The number of rotatable bonds is 3. The summed E-state index contributed by atoms with van der Waals surface area (Å²) in [6.45, 7) is 2.28. The van der Waals surface area contributed by atoms with Crippen LogP contribution >= 0.6 is 0 Å². The highest BCUT2D eigenvalue weighted by Gasteiger charge is 2.31. The highest BCUT2D eigenvalue weighted by molar-refractivity contribution is 5.95. The number of carboxylic acids is 1. The van der Waals surface area contributed by atoms with Crippen LogP contribution < -0.4 is 5.32 Å². The number of carbonyl (C=O) groups is 2. The summed E-state index contributed by atoms with van der Waals surface area (Å²) in [7, 11) is 0. The van der Waals surface area contributed by atoms with Gasteiger partial charge in [0.25, 0.3) is 0 Å². The van der Waals surface area contributed by atoms with Crippen molar-refractivity contribution in [3.63, 3.8) is 0 Å².